The van der Waals surface area contributed by atoms with E-state index in [1.807, 2.05) is 50.2 Å². The van der Waals surface area contributed by atoms with Gasteiger partial charge in [0.1, 0.15) is 11.4 Å². The molecule has 0 aromatic heterocycles. The Labute approximate surface area is 188 Å². The average Bonchev–Trinajstić information content (AvgIpc) is 3.11. The molecule has 0 bridgehead atoms. The third-order valence-electron chi connectivity index (χ3n) is 5.82. The molecule has 0 radical (unpaired) electrons. The van der Waals surface area contributed by atoms with Crippen LogP contribution in [0.1, 0.15) is 32.3 Å². The third kappa shape index (κ3) is 5.52. The normalized spacial score (nSPS) is 17.2. The van der Waals surface area contributed by atoms with Gasteiger partial charge in [0.15, 0.2) is 18.1 Å². The first-order valence-electron chi connectivity index (χ1n) is 11.1. The molecule has 2 amide bonds. The number of nitrogens with one attached hydrogen (secondary N) is 1. The number of carbonyl (C=O) groups excluding carboxylic acids is 2. The largest absolute Gasteiger partial charge is 0.483 e. The van der Waals surface area contributed by atoms with E-state index in [0.29, 0.717) is 37.1 Å². The number of para-hydroxylation sites is 2. The molecule has 4 rings (SSSR count). The highest BCUT2D eigenvalue weighted by Crippen LogP contribution is 2.41. The summed E-state index contributed by atoms with van der Waals surface area (Å²) in [5, 5.41) is 2.95. The zero-order valence-electron chi connectivity index (χ0n) is 18.6. The summed E-state index contributed by atoms with van der Waals surface area (Å²) >= 11 is 0. The van der Waals surface area contributed by atoms with Crippen LogP contribution in [-0.4, -0.2) is 48.7 Å². The van der Waals surface area contributed by atoms with Gasteiger partial charge in [-0.3, -0.25) is 4.79 Å². The van der Waals surface area contributed by atoms with Crippen molar-refractivity contribution in [2.24, 2.45) is 5.92 Å². The van der Waals surface area contributed by atoms with Crippen molar-refractivity contribution in [3.63, 3.8) is 0 Å². The first kappa shape index (κ1) is 22.0. The Balaban J connectivity index is 1.17. The van der Waals surface area contributed by atoms with Crippen LogP contribution < -0.4 is 19.5 Å². The summed E-state index contributed by atoms with van der Waals surface area (Å²) in [5.41, 5.74) is 0.845. The SMILES string of the molecule is CC1(C)Cc2cccc(OCC(=O)NCC3CCN(C(=O)Oc4ccccc4)CC3)c2O1. The minimum absolute atomic E-state index is 0.0531. The fourth-order valence-electron chi connectivity index (χ4n) is 4.13. The lowest BCUT2D eigenvalue weighted by Gasteiger charge is -2.31. The topological polar surface area (TPSA) is 77.1 Å². The molecule has 2 heterocycles. The Bertz CT molecular complexity index is 952. The van der Waals surface area contributed by atoms with Gasteiger partial charge in [0, 0.05) is 31.6 Å². The molecule has 7 heteroatoms. The van der Waals surface area contributed by atoms with Crippen LogP contribution in [0.2, 0.25) is 0 Å². The average molecular weight is 439 g/mol. The predicted molar refractivity (Wildman–Crippen MR) is 120 cm³/mol. The van der Waals surface area contributed by atoms with Crippen LogP contribution in [0.5, 0.6) is 17.2 Å². The molecule has 2 aromatic rings. The van der Waals surface area contributed by atoms with E-state index in [4.69, 9.17) is 14.2 Å². The van der Waals surface area contributed by atoms with Crippen LogP contribution in [0.15, 0.2) is 48.5 Å². The smallest absolute Gasteiger partial charge is 0.415 e. The maximum absolute atomic E-state index is 12.3. The molecule has 2 aromatic carbocycles. The number of hydrogen-bond donors (Lipinski definition) is 1. The van der Waals surface area contributed by atoms with Gasteiger partial charge in [-0.2, -0.15) is 0 Å². The number of ether oxygens (including phenoxy) is 3. The second kappa shape index (κ2) is 9.51. The lowest BCUT2D eigenvalue weighted by molar-refractivity contribution is -0.123. The van der Waals surface area contributed by atoms with Crippen LogP contribution in [0, 0.1) is 5.92 Å². The van der Waals surface area contributed by atoms with Gasteiger partial charge in [-0.05, 0) is 50.8 Å². The van der Waals surface area contributed by atoms with E-state index in [1.165, 1.54) is 0 Å². The zero-order chi connectivity index (χ0) is 22.6. The summed E-state index contributed by atoms with van der Waals surface area (Å²) in [6.07, 6.45) is 2.14. The van der Waals surface area contributed by atoms with Crippen molar-refractivity contribution in [2.75, 3.05) is 26.2 Å². The molecule has 1 N–H and O–H groups in total. The summed E-state index contributed by atoms with van der Waals surface area (Å²) in [7, 11) is 0. The third-order valence-corrected chi connectivity index (χ3v) is 5.82. The number of likely N-dealkylation sites (tertiary alicyclic amines) is 1. The molecule has 0 atom stereocenters. The van der Waals surface area contributed by atoms with E-state index >= 15 is 0 Å². The molecule has 0 unspecified atom stereocenters. The van der Waals surface area contributed by atoms with Crippen molar-refractivity contribution in [2.45, 2.75) is 38.7 Å². The van der Waals surface area contributed by atoms with Gasteiger partial charge in [0.2, 0.25) is 0 Å². The number of hydrogen-bond acceptors (Lipinski definition) is 5. The summed E-state index contributed by atoms with van der Waals surface area (Å²) in [5.74, 6) is 2.05. The zero-order valence-corrected chi connectivity index (χ0v) is 18.6. The van der Waals surface area contributed by atoms with Gasteiger partial charge in [-0.25, -0.2) is 4.79 Å². The molecule has 2 aliphatic heterocycles. The molecule has 7 nitrogen and oxygen atoms in total. The van der Waals surface area contributed by atoms with Gasteiger partial charge in [-0.15, -0.1) is 0 Å². The summed E-state index contributed by atoms with van der Waals surface area (Å²) in [6, 6.07) is 14.9. The van der Waals surface area contributed by atoms with Crippen molar-refractivity contribution in [3.05, 3.63) is 54.1 Å². The van der Waals surface area contributed by atoms with Crippen molar-refractivity contribution in [1.29, 1.82) is 0 Å². The lowest BCUT2D eigenvalue weighted by Crippen LogP contribution is -2.43. The number of nitrogens with zero attached hydrogens (tertiary/aromatic N) is 1. The highest BCUT2D eigenvalue weighted by molar-refractivity contribution is 5.77. The minimum atomic E-state index is -0.326. The number of fused-ring (bicyclic) bond motifs is 1. The molecule has 1 saturated heterocycles. The maximum atomic E-state index is 12.3. The molecule has 0 spiro atoms. The second-order valence-electron chi connectivity index (χ2n) is 8.99. The Hall–Kier alpha value is -3.22. The molecule has 0 saturated carbocycles. The number of amides is 2. The highest BCUT2D eigenvalue weighted by Gasteiger charge is 2.32. The van der Waals surface area contributed by atoms with Crippen LogP contribution in [0.3, 0.4) is 0 Å². The van der Waals surface area contributed by atoms with Gasteiger partial charge in [0.05, 0.1) is 0 Å². The predicted octanol–water partition coefficient (Wildman–Crippen LogP) is 3.81. The Morgan fingerprint density at radius 2 is 1.84 bits per heavy atom. The van der Waals surface area contributed by atoms with E-state index in [0.717, 1.165) is 30.6 Å². The van der Waals surface area contributed by atoms with E-state index in [2.05, 4.69) is 5.32 Å². The minimum Gasteiger partial charge on any atom is -0.483 e. The molecular formula is C25H30N2O5. The van der Waals surface area contributed by atoms with Gasteiger partial charge < -0.3 is 24.4 Å². The van der Waals surface area contributed by atoms with E-state index in [9.17, 15) is 9.59 Å². The standard InChI is InChI=1S/C25H30N2O5/c1-25(2)15-19-7-6-10-21(23(19)32-25)30-17-22(28)26-16-18-11-13-27(14-12-18)24(29)31-20-8-4-3-5-9-20/h3-10,18H,11-17H2,1-2H3,(H,26,28). The first-order valence-corrected chi connectivity index (χ1v) is 11.1. The summed E-state index contributed by atoms with van der Waals surface area (Å²) < 4.78 is 17.1. The molecule has 0 aliphatic carbocycles. The number of piperidine rings is 1. The summed E-state index contributed by atoms with van der Waals surface area (Å²) in [6.45, 7) is 5.83. The monoisotopic (exact) mass is 438 g/mol. The van der Waals surface area contributed by atoms with Gasteiger partial charge >= 0.3 is 6.09 Å². The van der Waals surface area contributed by atoms with Crippen LogP contribution in [-0.2, 0) is 11.2 Å². The molecule has 2 aliphatic rings. The number of rotatable bonds is 6. The van der Waals surface area contributed by atoms with E-state index in [1.54, 1.807) is 17.0 Å². The summed E-state index contributed by atoms with van der Waals surface area (Å²) in [4.78, 5) is 26.3. The second-order valence-corrected chi connectivity index (χ2v) is 8.99. The van der Waals surface area contributed by atoms with Crippen molar-refractivity contribution >= 4 is 12.0 Å². The van der Waals surface area contributed by atoms with Gasteiger partial charge in [0.25, 0.3) is 5.91 Å². The molecule has 170 valence electrons. The fraction of sp³-hybridized carbons (Fsp3) is 0.440. The van der Waals surface area contributed by atoms with Crippen LogP contribution in [0.4, 0.5) is 4.79 Å². The molecule has 1 fully saturated rings. The van der Waals surface area contributed by atoms with Crippen molar-refractivity contribution < 1.29 is 23.8 Å². The fourth-order valence-corrected chi connectivity index (χ4v) is 4.13. The van der Waals surface area contributed by atoms with E-state index in [-0.39, 0.29) is 24.2 Å². The first-order chi connectivity index (χ1) is 15.4. The molecular weight excluding hydrogens is 408 g/mol. The Morgan fingerprint density at radius 3 is 2.59 bits per heavy atom. The van der Waals surface area contributed by atoms with Crippen LogP contribution >= 0.6 is 0 Å². The highest BCUT2D eigenvalue weighted by atomic mass is 16.6. The Morgan fingerprint density at radius 1 is 1.09 bits per heavy atom. The van der Waals surface area contributed by atoms with Crippen molar-refractivity contribution in [1.82, 2.24) is 10.2 Å². The number of carbonyl (C=O) groups is 2. The quantitative estimate of drug-likeness (QED) is 0.742. The van der Waals surface area contributed by atoms with Gasteiger partial charge in [-0.1, -0.05) is 30.3 Å². The van der Waals surface area contributed by atoms with Crippen molar-refractivity contribution in [3.8, 4) is 17.2 Å². The van der Waals surface area contributed by atoms with Crippen LogP contribution in [0.25, 0.3) is 0 Å². The Kier molecular flexibility index (Phi) is 6.53. The number of benzene rings is 2. The maximum Gasteiger partial charge on any atom is 0.415 e. The lowest BCUT2D eigenvalue weighted by atomic mass is 9.97. The van der Waals surface area contributed by atoms with E-state index < -0.39 is 0 Å². The molecule has 32 heavy (non-hydrogen) atoms.